The molecule has 5 heteroatoms. The highest BCUT2D eigenvalue weighted by atomic mass is 16.6. The molecule has 0 N–H and O–H groups in total. The van der Waals surface area contributed by atoms with Crippen molar-refractivity contribution in [1.82, 2.24) is 4.90 Å². The maximum atomic E-state index is 12.1. The van der Waals surface area contributed by atoms with Crippen LogP contribution in [-0.4, -0.2) is 36.0 Å². The summed E-state index contributed by atoms with van der Waals surface area (Å²) >= 11 is 0. The largest absolute Gasteiger partial charge is 0.491 e. The van der Waals surface area contributed by atoms with Crippen LogP contribution in [0.5, 0.6) is 5.75 Å². The molecule has 20 heavy (non-hydrogen) atoms. The van der Waals surface area contributed by atoms with Crippen molar-refractivity contribution >= 4 is 12.4 Å². The third-order valence-electron chi connectivity index (χ3n) is 2.85. The number of hydrogen-bond donors (Lipinski definition) is 0. The van der Waals surface area contributed by atoms with Crippen molar-refractivity contribution < 1.29 is 19.1 Å². The third-order valence-corrected chi connectivity index (χ3v) is 2.85. The number of carbonyl (C=O) groups is 2. The van der Waals surface area contributed by atoms with E-state index in [2.05, 4.69) is 0 Å². The van der Waals surface area contributed by atoms with Gasteiger partial charge in [-0.15, -0.1) is 0 Å². The van der Waals surface area contributed by atoms with Crippen LogP contribution in [0, 0.1) is 0 Å². The van der Waals surface area contributed by atoms with Crippen LogP contribution in [0.4, 0.5) is 4.79 Å². The van der Waals surface area contributed by atoms with E-state index >= 15 is 0 Å². The Labute approximate surface area is 118 Å². The lowest BCUT2D eigenvalue weighted by Gasteiger charge is -2.26. The van der Waals surface area contributed by atoms with E-state index in [1.165, 1.54) is 0 Å². The molecular weight excluding hydrogens is 258 g/mol. The molecule has 1 aliphatic rings. The normalized spacial score (nSPS) is 14.8. The van der Waals surface area contributed by atoms with Crippen LogP contribution in [0.1, 0.15) is 36.7 Å². The van der Waals surface area contributed by atoms with Gasteiger partial charge in [-0.3, -0.25) is 4.79 Å². The van der Waals surface area contributed by atoms with E-state index in [4.69, 9.17) is 9.47 Å². The van der Waals surface area contributed by atoms with Gasteiger partial charge in [0.1, 0.15) is 24.2 Å². The molecule has 0 radical (unpaired) electrons. The van der Waals surface area contributed by atoms with Gasteiger partial charge in [-0.2, -0.15) is 0 Å². The first-order chi connectivity index (χ1) is 9.39. The Kier molecular flexibility index (Phi) is 3.97. The fourth-order valence-electron chi connectivity index (χ4n) is 1.97. The fourth-order valence-corrected chi connectivity index (χ4v) is 1.97. The van der Waals surface area contributed by atoms with E-state index in [0.29, 0.717) is 31.0 Å². The van der Waals surface area contributed by atoms with Crippen molar-refractivity contribution in [3.05, 3.63) is 29.3 Å². The molecule has 0 bridgehead atoms. The lowest BCUT2D eigenvalue weighted by atomic mass is 10.1. The summed E-state index contributed by atoms with van der Waals surface area (Å²) in [6, 6.07) is 5.21. The molecule has 1 aromatic carbocycles. The highest BCUT2D eigenvalue weighted by Crippen LogP contribution is 2.24. The maximum Gasteiger partial charge on any atom is 0.410 e. The Morgan fingerprint density at radius 3 is 2.80 bits per heavy atom. The van der Waals surface area contributed by atoms with Gasteiger partial charge in [0.25, 0.3) is 0 Å². The lowest BCUT2D eigenvalue weighted by Crippen LogP contribution is -2.37. The molecular formula is C15H19NO4. The molecule has 0 unspecified atom stereocenters. The zero-order valence-electron chi connectivity index (χ0n) is 12.0. The zero-order valence-corrected chi connectivity index (χ0v) is 12.0. The van der Waals surface area contributed by atoms with Crippen LogP contribution < -0.4 is 4.74 Å². The number of amides is 1. The Hall–Kier alpha value is -2.04. The van der Waals surface area contributed by atoms with Crippen molar-refractivity contribution in [1.29, 1.82) is 0 Å². The number of rotatable bonds is 1. The minimum atomic E-state index is -0.530. The van der Waals surface area contributed by atoms with Gasteiger partial charge in [-0.1, -0.05) is 0 Å². The number of aldehydes is 1. The van der Waals surface area contributed by atoms with Crippen molar-refractivity contribution in [2.45, 2.75) is 32.9 Å². The van der Waals surface area contributed by atoms with Crippen molar-refractivity contribution in [2.24, 2.45) is 0 Å². The average molecular weight is 277 g/mol. The summed E-state index contributed by atoms with van der Waals surface area (Å²) in [5.74, 6) is 0.710. The molecule has 1 amide bonds. The Morgan fingerprint density at radius 2 is 2.15 bits per heavy atom. The molecule has 0 aromatic heterocycles. The summed E-state index contributed by atoms with van der Waals surface area (Å²) in [6.07, 6.45) is 0.411. The van der Waals surface area contributed by atoms with Crippen molar-refractivity contribution in [3.63, 3.8) is 0 Å². The average Bonchev–Trinajstić information content (AvgIpc) is 2.57. The topological polar surface area (TPSA) is 55.8 Å². The van der Waals surface area contributed by atoms with Gasteiger partial charge < -0.3 is 14.4 Å². The van der Waals surface area contributed by atoms with E-state index in [0.717, 1.165) is 11.8 Å². The van der Waals surface area contributed by atoms with E-state index in [9.17, 15) is 9.59 Å². The Bertz CT molecular complexity index is 519. The molecule has 1 aromatic rings. The number of carbonyl (C=O) groups excluding carboxylic acids is 2. The smallest absolute Gasteiger partial charge is 0.410 e. The molecule has 0 spiro atoms. The van der Waals surface area contributed by atoms with Crippen LogP contribution >= 0.6 is 0 Å². The summed E-state index contributed by atoms with van der Waals surface area (Å²) in [6.45, 7) is 6.74. The molecule has 5 nitrogen and oxygen atoms in total. The molecule has 1 aliphatic heterocycles. The number of hydrogen-bond acceptors (Lipinski definition) is 4. The summed E-state index contributed by atoms with van der Waals surface area (Å²) < 4.78 is 11.0. The number of nitrogens with zero attached hydrogens (tertiary/aromatic N) is 1. The highest BCUT2D eigenvalue weighted by molar-refractivity contribution is 5.76. The van der Waals surface area contributed by atoms with Gasteiger partial charge in [0.05, 0.1) is 13.1 Å². The number of fused-ring (bicyclic) bond motifs is 1. The van der Waals surface area contributed by atoms with E-state index in [1.807, 2.05) is 20.8 Å². The van der Waals surface area contributed by atoms with Crippen LogP contribution in [0.25, 0.3) is 0 Å². The summed E-state index contributed by atoms with van der Waals surface area (Å²) in [5, 5.41) is 0. The standard InChI is InChI=1S/C15H19NO4/c1-15(2,3)20-14(18)16-6-7-19-13-5-4-11(10-17)8-12(13)9-16/h4-5,8,10H,6-7,9H2,1-3H3. The van der Waals surface area contributed by atoms with E-state index < -0.39 is 5.60 Å². The Morgan fingerprint density at radius 1 is 1.40 bits per heavy atom. The Balaban J connectivity index is 2.18. The minimum Gasteiger partial charge on any atom is -0.491 e. The second kappa shape index (κ2) is 5.53. The molecule has 2 rings (SSSR count). The van der Waals surface area contributed by atoms with Crippen LogP contribution in [0.2, 0.25) is 0 Å². The number of benzene rings is 1. The monoisotopic (exact) mass is 277 g/mol. The van der Waals surface area contributed by atoms with Gasteiger partial charge in [0.15, 0.2) is 0 Å². The predicted octanol–water partition coefficient (Wildman–Crippen LogP) is 2.63. The first-order valence-electron chi connectivity index (χ1n) is 6.58. The van der Waals surface area contributed by atoms with Gasteiger partial charge in [-0.25, -0.2) is 4.79 Å². The molecule has 108 valence electrons. The van der Waals surface area contributed by atoms with Crippen LogP contribution in [-0.2, 0) is 11.3 Å². The van der Waals surface area contributed by atoms with E-state index in [-0.39, 0.29) is 6.09 Å². The molecule has 0 saturated carbocycles. The van der Waals surface area contributed by atoms with Crippen LogP contribution in [0.15, 0.2) is 18.2 Å². The minimum absolute atomic E-state index is 0.370. The zero-order chi connectivity index (χ0) is 14.8. The van der Waals surface area contributed by atoms with Gasteiger partial charge >= 0.3 is 6.09 Å². The number of ether oxygens (including phenoxy) is 2. The first-order valence-corrected chi connectivity index (χ1v) is 6.58. The molecule has 0 saturated heterocycles. The van der Waals surface area contributed by atoms with Crippen molar-refractivity contribution in [3.8, 4) is 5.75 Å². The molecule has 0 aliphatic carbocycles. The second-order valence-electron chi connectivity index (χ2n) is 5.74. The predicted molar refractivity (Wildman–Crippen MR) is 74.0 cm³/mol. The second-order valence-corrected chi connectivity index (χ2v) is 5.74. The molecule has 1 heterocycles. The highest BCUT2D eigenvalue weighted by Gasteiger charge is 2.25. The third kappa shape index (κ3) is 3.50. The SMILES string of the molecule is CC(C)(C)OC(=O)N1CCOc2ccc(C=O)cc2C1. The molecule has 0 atom stereocenters. The van der Waals surface area contributed by atoms with Gasteiger partial charge in [-0.05, 0) is 39.0 Å². The van der Waals surface area contributed by atoms with Gasteiger partial charge in [0, 0.05) is 11.1 Å². The summed E-state index contributed by atoms with van der Waals surface area (Å²) in [4.78, 5) is 24.5. The van der Waals surface area contributed by atoms with Gasteiger partial charge in [0.2, 0.25) is 0 Å². The maximum absolute atomic E-state index is 12.1. The van der Waals surface area contributed by atoms with Crippen molar-refractivity contribution in [2.75, 3.05) is 13.2 Å². The van der Waals surface area contributed by atoms with Crippen LogP contribution in [0.3, 0.4) is 0 Å². The fraction of sp³-hybridized carbons (Fsp3) is 0.467. The summed E-state index contributed by atoms with van der Waals surface area (Å²) in [7, 11) is 0. The quantitative estimate of drug-likeness (QED) is 0.740. The summed E-state index contributed by atoms with van der Waals surface area (Å²) in [5.41, 5.74) is 0.855. The lowest BCUT2D eigenvalue weighted by molar-refractivity contribution is 0.0225. The van der Waals surface area contributed by atoms with E-state index in [1.54, 1.807) is 23.1 Å². The molecule has 0 fully saturated rings. The first kappa shape index (κ1) is 14.4.